The molecule has 1 heterocycles. The molecular weight excluding hydrogens is 426 g/mol. The van der Waals surface area contributed by atoms with Crippen LogP contribution in [-0.4, -0.2) is 61.9 Å². The minimum absolute atomic E-state index is 0.160. The van der Waals surface area contributed by atoms with Crippen LogP contribution in [0.4, 0.5) is 4.79 Å². The van der Waals surface area contributed by atoms with Gasteiger partial charge >= 0.3 is 24.0 Å². The van der Waals surface area contributed by atoms with Gasteiger partial charge in [-0.15, -0.1) is 0 Å². The Morgan fingerprint density at radius 1 is 1.10 bits per heavy atom. The van der Waals surface area contributed by atoms with Crippen LogP contribution in [0.1, 0.15) is 41.0 Å². The Bertz CT molecular complexity index is 714. The molecule has 1 atom stereocenters. The van der Waals surface area contributed by atoms with E-state index in [1.54, 1.807) is 20.8 Å². The van der Waals surface area contributed by atoms with Gasteiger partial charge in [0, 0.05) is 28.3 Å². The van der Waals surface area contributed by atoms with Crippen molar-refractivity contribution in [2.45, 2.75) is 84.2 Å². The first-order valence-electron chi connectivity index (χ1n) is 10.0. The van der Waals surface area contributed by atoms with Gasteiger partial charge in [0.1, 0.15) is 11.6 Å². The Balaban J connectivity index is 2.90. The molecule has 11 heteroatoms. The van der Waals surface area contributed by atoms with Crippen LogP contribution in [0, 0.1) is 5.92 Å². The molecule has 0 aromatic carbocycles. The van der Waals surface area contributed by atoms with Gasteiger partial charge in [-0.1, -0.05) is 19.6 Å². The number of carbonyl (C=O) groups is 5. The van der Waals surface area contributed by atoms with Gasteiger partial charge in [0.15, 0.2) is 5.78 Å². The smallest absolute Gasteiger partial charge is 0.407 e. The number of hydrogen-bond donors (Lipinski definition) is 1. The van der Waals surface area contributed by atoms with E-state index < -0.39 is 67.6 Å². The quantitative estimate of drug-likeness (QED) is 0.251. The van der Waals surface area contributed by atoms with E-state index >= 15 is 0 Å². The molecule has 1 rings (SSSR count). The summed E-state index contributed by atoms with van der Waals surface area (Å²) in [5, 5.41) is 2.30. The number of nitrogens with one attached hydrogen (secondary N) is 1. The summed E-state index contributed by atoms with van der Waals surface area (Å²) in [5.74, 6) is -7.33. The molecule has 0 spiro atoms. The Labute approximate surface area is 183 Å². The van der Waals surface area contributed by atoms with E-state index in [0.717, 1.165) is 0 Å². The van der Waals surface area contributed by atoms with Crippen molar-refractivity contribution in [1.29, 1.82) is 0 Å². The molecule has 1 N–H and O–H groups in total. The van der Waals surface area contributed by atoms with Crippen LogP contribution in [0.25, 0.3) is 0 Å². The number of rotatable bonds is 8. The second-order valence-corrected chi connectivity index (χ2v) is 15.6. The summed E-state index contributed by atoms with van der Waals surface area (Å²) in [7, 11) is -1.45. The topological polar surface area (TPSA) is 134 Å². The molecule has 0 aromatic heterocycles. The lowest BCUT2D eigenvalue weighted by Crippen LogP contribution is -2.51. The van der Waals surface area contributed by atoms with Crippen LogP contribution in [-0.2, 0) is 38.1 Å². The van der Waals surface area contributed by atoms with Crippen LogP contribution in [0.3, 0.4) is 0 Å². The summed E-state index contributed by atoms with van der Waals surface area (Å²) in [6.07, 6.45) is -1.58. The molecule has 0 saturated carbocycles. The number of ether oxygens (including phenoxy) is 4. The molecule has 0 aliphatic carbocycles. The summed E-state index contributed by atoms with van der Waals surface area (Å²) in [6.45, 7) is 14.1. The lowest BCUT2D eigenvalue weighted by molar-refractivity contribution is -0.238. The molecule has 1 saturated heterocycles. The zero-order chi connectivity index (χ0) is 24.2. The third kappa shape index (κ3) is 9.49. The first-order chi connectivity index (χ1) is 13.9. The molecule has 176 valence electrons. The first-order valence-corrected chi connectivity index (χ1v) is 13.8. The fourth-order valence-corrected chi connectivity index (χ4v) is 3.22. The zero-order valence-corrected chi connectivity index (χ0v) is 20.5. The fraction of sp³-hybridized carbons (Fsp3) is 0.750. The molecule has 10 nitrogen and oxygen atoms in total. The van der Waals surface area contributed by atoms with E-state index in [-0.39, 0.29) is 6.61 Å². The van der Waals surface area contributed by atoms with Gasteiger partial charge in [0.2, 0.25) is 5.92 Å². The number of alkyl carbamates (subject to hydrolysis) is 1. The van der Waals surface area contributed by atoms with Gasteiger partial charge in [0.05, 0.1) is 6.61 Å². The van der Waals surface area contributed by atoms with Gasteiger partial charge in [-0.3, -0.25) is 14.4 Å². The Kier molecular flexibility index (Phi) is 8.41. The Morgan fingerprint density at radius 3 is 2.06 bits per heavy atom. The first kappa shape index (κ1) is 26.6. The number of hydrogen-bond acceptors (Lipinski definition) is 9. The van der Waals surface area contributed by atoms with Crippen LogP contribution < -0.4 is 5.32 Å². The Hall–Kier alpha value is -2.43. The number of carbonyl (C=O) groups excluding carboxylic acids is 5. The summed E-state index contributed by atoms with van der Waals surface area (Å²) in [4.78, 5) is 61.6. The number of esters is 3. The van der Waals surface area contributed by atoms with Crippen molar-refractivity contribution >= 4 is 37.9 Å². The summed E-state index contributed by atoms with van der Waals surface area (Å²) < 4.78 is 20.2. The number of Topliss-reactive ketones (excluding diaryl/α,β-unsaturated/α-hetero) is 1. The SMILES string of the molecule is CC(C)(C)OC(=O)[C@H](CC(=O)C1C(=O)OC(C)(C)OC1=O)NC(=O)OCC[Si](C)(C)C. The average Bonchev–Trinajstić information content (AvgIpc) is 2.49. The van der Waals surface area contributed by atoms with Crippen LogP contribution in [0.2, 0.25) is 25.7 Å². The predicted molar refractivity (Wildman–Crippen MR) is 112 cm³/mol. The molecule has 1 aliphatic rings. The fourth-order valence-electron chi connectivity index (χ4n) is 2.50. The second kappa shape index (κ2) is 9.80. The van der Waals surface area contributed by atoms with E-state index in [1.165, 1.54) is 13.8 Å². The van der Waals surface area contributed by atoms with Crippen molar-refractivity contribution in [2.75, 3.05) is 6.61 Å². The van der Waals surface area contributed by atoms with Crippen molar-refractivity contribution in [3.63, 3.8) is 0 Å². The number of cyclic esters (lactones) is 2. The zero-order valence-electron chi connectivity index (χ0n) is 19.5. The standard InChI is InChI=1S/C20H33NO9Si/c1-19(2,3)28-15(23)12(21-18(26)27-9-10-31(6,7)8)11-13(22)14-16(24)29-20(4,5)30-17(14)25/h12,14H,9-11H2,1-8H3,(H,21,26)/t12-/m0/s1. The van der Waals surface area contributed by atoms with E-state index in [4.69, 9.17) is 18.9 Å². The summed E-state index contributed by atoms with van der Waals surface area (Å²) in [6, 6.07) is -0.743. The molecule has 31 heavy (non-hydrogen) atoms. The maximum absolute atomic E-state index is 12.6. The lowest BCUT2D eigenvalue weighted by atomic mass is 9.97. The molecule has 1 aliphatic heterocycles. The second-order valence-electron chi connectivity index (χ2n) is 10.0. The molecule has 1 fully saturated rings. The average molecular weight is 460 g/mol. The third-order valence-electron chi connectivity index (χ3n) is 3.96. The van der Waals surface area contributed by atoms with Gasteiger partial charge in [-0.25, -0.2) is 9.59 Å². The monoisotopic (exact) mass is 459 g/mol. The minimum atomic E-state index is -1.84. The normalized spacial score (nSPS) is 17.8. The van der Waals surface area contributed by atoms with Crippen molar-refractivity contribution in [3.05, 3.63) is 0 Å². The molecule has 0 radical (unpaired) electrons. The summed E-state index contributed by atoms with van der Waals surface area (Å²) >= 11 is 0. The molecule has 1 amide bonds. The maximum Gasteiger partial charge on any atom is 0.407 e. The highest BCUT2D eigenvalue weighted by atomic mass is 28.3. The summed E-state index contributed by atoms with van der Waals surface area (Å²) in [5.41, 5.74) is -0.894. The number of amides is 1. The molecule has 0 aromatic rings. The third-order valence-corrected chi connectivity index (χ3v) is 5.66. The largest absolute Gasteiger partial charge is 0.458 e. The van der Waals surface area contributed by atoms with Crippen LogP contribution in [0.5, 0.6) is 0 Å². The van der Waals surface area contributed by atoms with Crippen LogP contribution in [0.15, 0.2) is 0 Å². The maximum atomic E-state index is 12.6. The van der Waals surface area contributed by atoms with Crippen molar-refractivity contribution in [3.8, 4) is 0 Å². The van der Waals surface area contributed by atoms with Crippen molar-refractivity contribution < 1.29 is 42.9 Å². The van der Waals surface area contributed by atoms with Crippen molar-refractivity contribution in [1.82, 2.24) is 5.32 Å². The highest BCUT2D eigenvalue weighted by Gasteiger charge is 2.48. The van der Waals surface area contributed by atoms with Crippen molar-refractivity contribution in [2.24, 2.45) is 5.92 Å². The minimum Gasteiger partial charge on any atom is -0.458 e. The molecule has 0 bridgehead atoms. The van der Waals surface area contributed by atoms with E-state index in [9.17, 15) is 24.0 Å². The predicted octanol–water partition coefficient (Wildman–Crippen LogP) is 2.17. The van der Waals surface area contributed by atoms with E-state index in [2.05, 4.69) is 25.0 Å². The van der Waals surface area contributed by atoms with Gasteiger partial charge < -0.3 is 24.3 Å². The number of ketones is 1. The highest BCUT2D eigenvalue weighted by Crippen LogP contribution is 2.25. The Morgan fingerprint density at radius 2 is 1.61 bits per heavy atom. The van der Waals surface area contributed by atoms with E-state index in [0.29, 0.717) is 6.04 Å². The van der Waals surface area contributed by atoms with Crippen LogP contribution >= 0.6 is 0 Å². The van der Waals surface area contributed by atoms with Gasteiger partial charge in [0.25, 0.3) is 5.79 Å². The molecular formula is C20H33NO9Si. The highest BCUT2D eigenvalue weighted by molar-refractivity contribution is 6.76. The lowest BCUT2D eigenvalue weighted by Gasteiger charge is -2.32. The molecule has 0 unspecified atom stereocenters. The van der Waals surface area contributed by atoms with Gasteiger partial charge in [-0.2, -0.15) is 0 Å². The van der Waals surface area contributed by atoms with Gasteiger partial charge in [-0.05, 0) is 26.8 Å². The van der Waals surface area contributed by atoms with E-state index in [1.807, 2.05) is 0 Å².